The van der Waals surface area contributed by atoms with Gasteiger partial charge in [0.15, 0.2) is 5.82 Å². The van der Waals surface area contributed by atoms with Gasteiger partial charge >= 0.3 is 0 Å². The first-order valence-electron chi connectivity index (χ1n) is 6.25. The summed E-state index contributed by atoms with van der Waals surface area (Å²) in [6.07, 6.45) is 1.06. The minimum atomic E-state index is -0.0622. The lowest BCUT2D eigenvalue weighted by Crippen LogP contribution is -2.36. The molecule has 1 saturated heterocycles. The highest BCUT2D eigenvalue weighted by molar-refractivity contribution is 5.91. The van der Waals surface area contributed by atoms with Crippen molar-refractivity contribution in [3.05, 3.63) is 11.8 Å². The largest absolute Gasteiger partial charge is 0.360 e. The quantitative estimate of drug-likeness (QED) is 0.819. The van der Waals surface area contributed by atoms with E-state index in [2.05, 4.69) is 22.3 Å². The lowest BCUT2D eigenvalue weighted by molar-refractivity contribution is -0.117. The second-order valence-corrected chi connectivity index (χ2v) is 4.99. The SMILES string of the molecule is Cc1cc(NC(=O)CN2CC(CN)CC2C)no1. The molecule has 1 fully saturated rings. The number of rotatable bonds is 4. The molecule has 2 atom stereocenters. The highest BCUT2D eigenvalue weighted by Gasteiger charge is 2.29. The van der Waals surface area contributed by atoms with Crippen LogP contribution >= 0.6 is 0 Å². The van der Waals surface area contributed by atoms with Crippen molar-refractivity contribution in [2.45, 2.75) is 26.3 Å². The van der Waals surface area contributed by atoms with Gasteiger partial charge in [0.2, 0.25) is 5.91 Å². The molecule has 0 spiro atoms. The van der Waals surface area contributed by atoms with Gasteiger partial charge < -0.3 is 15.6 Å². The summed E-state index contributed by atoms with van der Waals surface area (Å²) in [6, 6.07) is 2.11. The van der Waals surface area contributed by atoms with Crippen molar-refractivity contribution in [3.8, 4) is 0 Å². The van der Waals surface area contributed by atoms with Crippen LogP contribution in [0.5, 0.6) is 0 Å². The Hall–Kier alpha value is -1.40. The van der Waals surface area contributed by atoms with Crippen molar-refractivity contribution in [2.24, 2.45) is 11.7 Å². The molecule has 0 saturated carbocycles. The van der Waals surface area contributed by atoms with Crippen LogP contribution in [0.25, 0.3) is 0 Å². The fourth-order valence-electron chi connectivity index (χ4n) is 2.40. The summed E-state index contributed by atoms with van der Waals surface area (Å²) in [6.45, 7) is 5.87. The van der Waals surface area contributed by atoms with E-state index in [-0.39, 0.29) is 5.91 Å². The number of likely N-dealkylation sites (tertiary alicyclic amines) is 1. The van der Waals surface area contributed by atoms with Gasteiger partial charge in [-0.1, -0.05) is 5.16 Å². The third-order valence-electron chi connectivity index (χ3n) is 3.37. The first-order valence-corrected chi connectivity index (χ1v) is 6.25. The van der Waals surface area contributed by atoms with Gasteiger partial charge in [-0.05, 0) is 32.7 Å². The van der Waals surface area contributed by atoms with Crippen molar-refractivity contribution in [2.75, 3.05) is 25.0 Å². The van der Waals surface area contributed by atoms with Crippen molar-refractivity contribution in [3.63, 3.8) is 0 Å². The van der Waals surface area contributed by atoms with Crippen LogP contribution in [0.3, 0.4) is 0 Å². The first-order chi connectivity index (χ1) is 8.58. The van der Waals surface area contributed by atoms with Crippen molar-refractivity contribution >= 4 is 11.7 Å². The van der Waals surface area contributed by atoms with Gasteiger partial charge in [0, 0.05) is 18.7 Å². The number of aryl methyl sites for hydroxylation is 1. The lowest BCUT2D eigenvalue weighted by Gasteiger charge is -2.19. The van der Waals surface area contributed by atoms with E-state index in [0.29, 0.717) is 36.6 Å². The molecule has 6 nitrogen and oxygen atoms in total. The van der Waals surface area contributed by atoms with Gasteiger partial charge in [0.1, 0.15) is 5.76 Å². The Morgan fingerprint density at radius 3 is 3.06 bits per heavy atom. The Bertz CT molecular complexity index is 418. The van der Waals surface area contributed by atoms with Crippen LogP contribution < -0.4 is 11.1 Å². The Balaban J connectivity index is 1.84. The lowest BCUT2D eigenvalue weighted by atomic mass is 10.1. The van der Waals surface area contributed by atoms with E-state index < -0.39 is 0 Å². The number of anilines is 1. The summed E-state index contributed by atoms with van der Waals surface area (Å²) in [5.41, 5.74) is 5.67. The highest BCUT2D eigenvalue weighted by Crippen LogP contribution is 2.21. The predicted octanol–water partition coefficient (Wildman–Crippen LogP) is 0.591. The molecule has 0 aromatic carbocycles. The molecule has 3 N–H and O–H groups in total. The number of nitrogens with one attached hydrogen (secondary N) is 1. The standard InChI is InChI=1S/C12H20N4O2/c1-8-3-10(5-13)6-16(8)7-12(17)14-11-4-9(2)18-15-11/h4,8,10H,3,5-7,13H2,1-2H3,(H,14,15,17). The second kappa shape index (κ2) is 5.49. The number of hydrogen-bond donors (Lipinski definition) is 2. The van der Waals surface area contributed by atoms with Gasteiger partial charge in [-0.3, -0.25) is 9.69 Å². The second-order valence-electron chi connectivity index (χ2n) is 4.99. The Labute approximate surface area is 106 Å². The molecule has 1 aromatic heterocycles. The van der Waals surface area contributed by atoms with Gasteiger partial charge in [0.25, 0.3) is 0 Å². The van der Waals surface area contributed by atoms with Crippen LogP contribution in [-0.2, 0) is 4.79 Å². The number of nitrogens with zero attached hydrogens (tertiary/aromatic N) is 2. The fraction of sp³-hybridized carbons (Fsp3) is 0.667. The molecule has 1 amide bonds. The molecule has 100 valence electrons. The topological polar surface area (TPSA) is 84.4 Å². The van der Waals surface area contributed by atoms with E-state index in [1.54, 1.807) is 13.0 Å². The zero-order valence-corrected chi connectivity index (χ0v) is 10.8. The molecular formula is C12H20N4O2. The van der Waals surface area contributed by atoms with E-state index in [9.17, 15) is 4.79 Å². The summed E-state index contributed by atoms with van der Waals surface area (Å²) in [5, 5.41) is 6.46. The third kappa shape index (κ3) is 3.08. The normalized spacial score (nSPS) is 24.4. The van der Waals surface area contributed by atoms with Crippen LogP contribution in [0.4, 0.5) is 5.82 Å². The van der Waals surface area contributed by atoms with Crippen LogP contribution in [0.1, 0.15) is 19.1 Å². The summed E-state index contributed by atoms with van der Waals surface area (Å²) in [5.74, 6) is 1.60. The Kier molecular flexibility index (Phi) is 3.98. The number of amides is 1. The maximum Gasteiger partial charge on any atom is 0.239 e. The fourth-order valence-corrected chi connectivity index (χ4v) is 2.40. The Morgan fingerprint density at radius 1 is 1.72 bits per heavy atom. The predicted molar refractivity (Wildman–Crippen MR) is 68.1 cm³/mol. The van der Waals surface area contributed by atoms with Crippen LogP contribution in [0, 0.1) is 12.8 Å². The number of nitrogens with two attached hydrogens (primary N) is 1. The Morgan fingerprint density at radius 2 is 2.50 bits per heavy atom. The molecule has 2 unspecified atom stereocenters. The molecule has 6 heteroatoms. The maximum atomic E-state index is 11.9. The first kappa shape index (κ1) is 13.0. The molecule has 0 radical (unpaired) electrons. The van der Waals surface area contributed by atoms with Crippen LogP contribution in [0.2, 0.25) is 0 Å². The number of carbonyl (C=O) groups is 1. The third-order valence-corrected chi connectivity index (χ3v) is 3.37. The molecule has 1 aliphatic rings. The molecule has 0 bridgehead atoms. The van der Waals surface area contributed by atoms with Gasteiger partial charge in [-0.15, -0.1) is 0 Å². The zero-order valence-electron chi connectivity index (χ0n) is 10.8. The number of carbonyl (C=O) groups excluding carboxylic acids is 1. The van der Waals surface area contributed by atoms with Gasteiger partial charge in [0.05, 0.1) is 6.54 Å². The summed E-state index contributed by atoms with van der Waals surface area (Å²) < 4.78 is 4.90. The minimum absolute atomic E-state index is 0.0622. The van der Waals surface area contributed by atoms with Crippen molar-refractivity contribution in [1.82, 2.24) is 10.1 Å². The van der Waals surface area contributed by atoms with Gasteiger partial charge in [-0.2, -0.15) is 0 Å². The van der Waals surface area contributed by atoms with E-state index in [0.717, 1.165) is 13.0 Å². The zero-order chi connectivity index (χ0) is 13.1. The highest BCUT2D eigenvalue weighted by atomic mass is 16.5. The summed E-state index contributed by atoms with van der Waals surface area (Å²) >= 11 is 0. The van der Waals surface area contributed by atoms with Gasteiger partial charge in [-0.25, -0.2) is 0 Å². The monoisotopic (exact) mass is 252 g/mol. The molecule has 1 aromatic rings. The van der Waals surface area contributed by atoms with E-state index in [4.69, 9.17) is 10.3 Å². The molecule has 2 heterocycles. The molecule has 18 heavy (non-hydrogen) atoms. The van der Waals surface area contributed by atoms with E-state index >= 15 is 0 Å². The summed E-state index contributed by atoms with van der Waals surface area (Å²) in [7, 11) is 0. The van der Waals surface area contributed by atoms with E-state index in [1.807, 2.05) is 0 Å². The molecule has 1 aliphatic heterocycles. The molecular weight excluding hydrogens is 232 g/mol. The maximum absolute atomic E-state index is 11.9. The van der Waals surface area contributed by atoms with Crippen molar-refractivity contribution < 1.29 is 9.32 Å². The van der Waals surface area contributed by atoms with Crippen LogP contribution in [-0.4, -0.2) is 41.6 Å². The minimum Gasteiger partial charge on any atom is -0.360 e. The van der Waals surface area contributed by atoms with Crippen molar-refractivity contribution in [1.29, 1.82) is 0 Å². The molecule has 2 rings (SSSR count). The number of hydrogen-bond acceptors (Lipinski definition) is 5. The molecule has 0 aliphatic carbocycles. The average molecular weight is 252 g/mol. The smallest absolute Gasteiger partial charge is 0.239 e. The van der Waals surface area contributed by atoms with E-state index in [1.165, 1.54) is 0 Å². The number of aromatic nitrogens is 1. The average Bonchev–Trinajstić information content (AvgIpc) is 2.86. The van der Waals surface area contributed by atoms with Crippen LogP contribution in [0.15, 0.2) is 10.6 Å². The summed E-state index contributed by atoms with van der Waals surface area (Å²) in [4.78, 5) is 14.0.